The van der Waals surface area contributed by atoms with Crippen LogP contribution in [0.3, 0.4) is 0 Å². The Morgan fingerprint density at radius 2 is 2.29 bits per heavy atom. The fourth-order valence-corrected chi connectivity index (χ4v) is 3.54. The SMILES string of the molecule is S=c1nc(-c2ccc(Br)s2)[nH]c2c1CNCC2. The molecule has 3 nitrogen and oxygen atoms in total. The number of hydrogen-bond donors (Lipinski definition) is 2. The van der Waals surface area contributed by atoms with E-state index in [-0.39, 0.29) is 0 Å². The molecule has 2 aromatic heterocycles. The Hall–Kier alpha value is -0.560. The number of H-pyrrole nitrogens is 1. The summed E-state index contributed by atoms with van der Waals surface area (Å²) in [6, 6.07) is 4.08. The number of fused-ring (bicyclic) bond motifs is 1. The van der Waals surface area contributed by atoms with Gasteiger partial charge in [-0.2, -0.15) is 0 Å². The predicted molar refractivity (Wildman–Crippen MR) is 75.8 cm³/mol. The minimum absolute atomic E-state index is 0.713. The second-order valence-electron chi connectivity index (χ2n) is 3.88. The van der Waals surface area contributed by atoms with Crippen LogP contribution in [-0.2, 0) is 13.0 Å². The summed E-state index contributed by atoms with van der Waals surface area (Å²) >= 11 is 10.5. The Morgan fingerprint density at radius 3 is 3.06 bits per heavy atom. The van der Waals surface area contributed by atoms with Crippen molar-refractivity contribution in [3.05, 3.63) is 31.8 Å². The quantitative estimate of drug-likeness (QED) is 0.790. The predicted octanol–water partition coefficient (Wildman–Crippen LogP) is 3.28. The molecular formula is C11H10BrN3S2. The van der Waals surface area contributed by atoms with E-state index in [2.05, 4.69) is 37.3 Å². The molecule has 1 aliphatic rings. The highest BCUT2D eigenvalue weighted by molar-refractivity contribution is 9.11. The Kier molecular flexibility index (Phi) is 3.12. The van der Waals surface area contributed by atoms with E-state index in [0.29, 0.717) is 4.64 Å². The van der Waals surface area contributed by atoms with Gasteiger partial charge < -0.3 is 10.3 Å². The smallest absolute Gasteiger partial charge is 0.149 e. The monoisotopic (exact) mass is 327 g/mol. The van der Waals surface area contributed by atoms with E-state index in [4.69, 9.17) is 12.2 Å². The number of hydrogen-bond acceptors (Lipinski definition) is 4. The fourth-order valence-electron chi connectivity index (χ4n) is 1.93. The highest BCUT2D eigenvalue weighted by Crippen LogP contribution is 2.29. The van der Waals surface area contributed by atoms with Crippen LogP contribution in [0, 0.1) is 4.64 Å². The first kappa shape index (κ1) is 11.5. The van der Waals surface area contributed by atoms with Crippen LogP contribution >= 0.6 is 39.5 Å². The molecule has 0 amide bonds. The first-order valence-corrected chi connectivity index (χ1v) is 7.34. The minimum Gasteiger partial charge on any atom is -0.342 e. The lowest BCUT2D eigenvalue weighted by atomic mass is 10.1. The largest absolute Gasteiger partial charge is 0.342 e. The van der Waals surface area contributed by atoms with Gasteiger partial charge in [-0.1, -0.05) is 12.2 Å². The number of rotatable bonds is 1. The van der Waals surface area contributed by atoms with Crippen LogP contribution in [0.1, 0.15) is 11.3 Å². The second-order valence-corrected chi connectivity index (χ2v) is 6.73. The average molecular weight is 328 g/mol. The molecule has 0 spiro atoms. The van der Waals surface area contributed by atoms with E-state index in [0.717, 1.165) is 39.6 Å². The first-order valence-electron chi connectivity index (χ1n) is 5.32. The topological polar surface area (TPSA) is 40.7 Å². The van der Waals surface area contributed by atoms with Crippen molar-refractivity contribution in [1.82, 2.24) is 15.3 Å². The second kappa shape index (κ2) is 4.61. The maximum absolute atomic E-state index is 5.35. The molecule has 0 aromatic carbocycles. The summed E-state index contributed by atoms with van der Waals surface area (Å²) in [5.74, 6) is 0.881. The first-order chi connectivity index (χ1) is 8.24. The molecule has 3 heterocycles. The van der Waals surface area contributed by atoms with Gasteiger partial charge in [0.05, 0.1) is 8.66 Å². The maximum Gasteiger partial charge on any atom is 0.149 e. The van der Waals surface area contributed by atoms with Gasteiger partial charge in [-0.3, -0.25) is 0 Å². The van der Waals surface area contributed by atoms with E-state index >= 15 is 0 Å². The van der Waals surface area contributed by atoms with E-state index in [1.165, 1.54) is 5.69 Å². The Labute approximate surface area is 116 Å². The standard InChI is InChI=1S/C11H10BrN3S2/c12-9-2-1-8(17-9)10-14-7-3-4-13-5-6(7)11(16)15-10/h1-2,13H,3-5H2,(H,14,15,16). The Balaban J connectivity index is 2.13. The molecule has 0 atom stereocenters. The molecular weight excluding hydrogens is 318 g/mol. The van der Waals surface area contributed by atoms with Gasteiger partial charge in [0, 0.05) is 30.8 Å². The molecule has 1 aliphatic heterocycles. The lowest BCUT2D eigenvalue weighted by molar-refractivity contribution is 0.625. The summed E-state index contributed by atoms with van der Waals surface area (Å²) in [6.45, 7) is 1.82. The van der Waals surface area contributed by atoms with Crippen LogP contribution in [0.25, 0.3) is 10.7 Å². The number of nitrogens with zero attached hydrogens (tertiary/aromatic N) is 1. The van der Waals surface area contributed by atoms with Crippen molar-refractivity contribution < 1.29 is 0 Å². The molecule has 88 valence electrons. The van der Waals surface area contributed by atoms with Gasteiger partial charge in [0.25, 0.3) is 0 Å². The van der Waals surface area contributed by atoms with Crippen LogP contribution in [0.5, 0.6) is 0 Å². The van der Waals surface area contributed by atoms with Gasteiger partial charge in [-0.25, -0.2) is 4.98 Å². The van der Waals surface area contributed by atoms with Crippen molar-refractivity contribution in [2.45, 2.75) is 13.0 Å². The zero-order chi connectivity index (χ0) is 11.8. The molecule has 2 N–H and O–H groups in total. The van der Waals surface area contributed by atoms with Crippen LogP contribution in [0.15, 0.2) is 15.9 Å². The van der Waals surface area contributed by atoms with E-state index in [1.807, 2.05) is 6.07 Å². The molecule has 0 bridgehead atoms. The van der Waals surface area contributed by atoms with Gasteiger partial charge >= 0.3 is 0 Å². The molecule has 0 saturated heterocycles. The highest BCUT2D eigenvalue weighted by Gasteiger charge is 2.14. The van der Waals surface area contributed by atoms with Gasteiger partial charge in [0.2, 0.25) is 0 Å². The third-order valence-corrected chi connectivity index (χ3v) is 4.73. The Bertz CT molecular complexity index is 617. The third-order valence-electron chi connectivity index (χ3n) is 2.77. The van der Waals surface area contributed by atoms with Crippen molar-refractivity contribution in [2.24, 2.45) is 0 Å². The molecule has 0 fully saturated rings. The lowest BCUT2D eigenvalue weighted by Crippen LogP contribution is -2.25. The minimum atomic E-state index is 0.713. The van der Waals surface area contributed by atoms with Crippen molar-refractivity contribution in [1.29, 1.82) is 0 Å². The normalized spacial score (nSPS) is 14.6. The van der Waals surface area contributed by atoms with E-state index in [9.17, 15) is 0 Å². The van der Waals surface area contributed by atoms with Crippen molar-refractivity contribution >= 4 is 39.5 Å². The molecule has 0 saturated carbocycles. The lowest BCUT2D eigenvalue weighted by Gasteiger charge is -2.17. The summed E-state index contributed by atoms with van der Waals surface area (Å²) in [5, 5.41) is 3.31. The van der Waals surface area contributed by atoms with Crippen molar-refractivity contribution in [2.75, 3.05) is 6.54 Å². The summed E-state index contributed by atoms with van der Waals surface area (Å²) in [7, 11) is 0. The summed E-state index contributed by atoms with van der Waals surface area (Å²) in [4.78, 5) is 9.00. The van der Waals surface area contributed by atoms with Gasteiger partial charge in [-0.05, 0) is 28.1 Å². The highest BCUT2D eigenvalue weighted by atomic mass is 79.9. The zero-order valence-corrected chi connectivity index (χ0v) is 12.1. The van der Waals surface area contributed by atoms with Crippen LogP contribution in [0.2, 0.25) is 0 Å². The fraction of sp³-hybridized carbons (Fsp3) is 0.273. The van der Waals surface area contributed by atoms with Crippen LogP contribution in [0.4, 0.5) is 0 Å². The van der Waals surface area contributed by atoms with Gasteiger partial charge in [0.1, 0.15) is 10.5 Å². The number of thiophene rings is 1. The van der Waals surface area contributed by atoms with Crippen LogP contribution in [-0.4, -0.2) is 16.5 Å². The number of aromatic nitrogens is 2. The molecule has 17 heavy (non-hydrogen) atoms. The summed E-state index contributed by atoms with van der Waals surface area (Å²) < 4.78 is 1.82. The van der Waals surface area contributed by atoms with Crippen molar-refractivity contribution in [3.63, 3.8) is 0 Å². The van der Waals surface area contributed by atoms with E-state index in [1.54, 1.807) is 11.3 Å². The van der Waals surface area contributed by atoms with E-state index < -0.39 is 0 Å². The zero-order valence-electron chi connectivity index (χ0n) is 8.92. The van der Waals surface area contributed by atoms with Crippen molar-refractivity contribution in [3.8, 4) is 10.7 Å². The van der Waals surface area contributed by atoms with Crippen LogP contribution < -0.4 is 5.32 Å². The van der Waals surface area contributed by atoms with Gasteiger partial charge in [-0.15, -0.1) is 11.3 Å². The number of halogens is 1. The molecule has 3 rings (SSSR count). The number of nitrogens with one attached hydrogen (secondary N) is 2. The molecule has 6 heteroatoms. The summed E-state index contributed by atoms with van der Waals surface area (Å²) in [5.41, 5.74) is 2.37. The molecule has 2 aromatic rings. The molecule has 0 unspecified atom stereocenters. The molecule has 0 radical (unpaired) electrons. The third kappa shape index (κ3) is 2.22. The maximum atomic E-state index is 5.35. The number of aromatic amines is 1. The Morgan fingerprint density at radius 1 is 1.41 bits per heavy atom. The average Bonchev–Trinajstić information content (AvgIpc) is 2.76. The van der Waals surface area contributed by atoms with Gasteiger partial charge in [0.15, 0.2) is 0 Å². The summed E-state index contributed by atoms with van der Waals surface area (Å²) in [6.07, 6.45) is 0.987. The molecule has 0 aliphatic carbocycles.